The van der Waals surface area contributed by atoms with Gasteiger partial charge in [0.1, 0.15) is 0 Å². The lowest BCUT2D eigenvalue weighted by molar-refractivity contribution is -0.116. The molecule has 1 amide bonds. The Morgan fingerprint density at radius 3 is 2.85 bits per heavy atom. The van der Waals surface area contributed by atoms with Gasteiger partial charge in [0.15, 0.2) is 0 Å². The highest BCUT2D eigenvalue weighted by atomic mass is 16.1. The van der Waals surface area contributed by atoms with Gasteiger partial charge >= 0.3 is 0 Å². The molecule has 0 radical (unpaired) electrons. The van der Waals surface area contributed by atoms with Crippen LogP contribution in [-0.2, 0) is 4.79 Å². The number of unbranched alkanes of at least 4 members (excludes halogenated alkanes) is 2. The maximum Gasteiger partial charge on any atom is 0.243 e. The molecule has 3 heteroatoms. The first-order chi connectivity index (χ1) is 6.20. The van der Waals surface area contributed by atoms with E-state index in [0.29, 0.717) is 6.54 Å². The van der Waals surface area contributed by atoms with Gasteiger partial charge in [0.2, 0.25) is 5.91 Å². The van der Waals surface area contributed by atoms with Gasteiger partial charge < -0.3 is 11.1 Å². The second-order valence-electron chi connectivity index (χ2n) is 3.21. The average Bonchev–Trinajstić information content (AvgIpc) is 2.14. The quantitative estimate of drug-likeness (QED) is 0.461. The van der Waals surface area contributed by atoms with Crippen LogP contribution in [0.3, 0.4) is 0 Å². The molecule has 0 heterocycles. The van der Waals surface area contributed by atoms with Gasteiger partial charge in [-0.05, 0) is 12.5 Å². The monoisotopic (exact) mass is 184 g/mol. The van der Waals surface area contributed by atoms with Crippen LogP contribution in [0.1, 0.15) is 32.6 Å². The molecule has 0 bridgehead atoms. The van der Waals surface area contributed by atoms with Crippen molar-refractivity contribution < 1.29 is 4.79 Å². The van der Waals surface area contributed by atoms with Crippen molar-refractivity contribution in [1.29, 1.82) is 0 Å². The lowest BCUT2D eigenvalue weighted by Gasteiger charge is -2.10. The number of rotatable bonds is 7. The fourth-order valence-corrected chi connectivity index (χ4v) is 1.06. The van der Waals surface area contributed by atoms with Gasteiger partial charge in [0.25, 0.3) is 0 Å². The topological polar surface area (TPSA) is 55.1 Å². The molecule has 0 aromatic rings. The second kappa shape index (κ2) is 7.80. The molecule has 0 aliphatic heterocycles. The summed E-state index contributed by atoms with van der Waals surface area (Å²) in [6, 6.07) is 0.0791. The fraction of sp³-hybridized carbons (Fsp3) is 0.700. The van der Waals surface area contributed by atoms with Gasteiger partial charge in [-0.2, -0.15) is 0 Å². The van der Waals surface area contributed by atoms with E-state index in [2.05, 4.69) is 18.8 Å². The molecule has 76 valence electrons. The van der Waals surface area contributed by atoms with Crippen LogP contribution < -0.4 is 11.1 Å². The molecule has 0 saturated carbocycles. The third-order valence-corrected chi connectivity index (χ3v) is 1.90. The van der Waals surface area contributed by atoms with Gasteiger partial charge in [0, 0.05) is 12.6 Å². The van der Waals surface area contributed by atoms with Crippen LogP contribution in [0.4, 0.5) is 0 Å². The van der Waals surface area contributed by atoms with Crippen LogP contribution in [0.15, 0.2) is 12.7 Å². The number of carbonyl (C=O) groups excluding carboxylic acids is 1. The second-order valence-corrected chi connectivity index (χ2v) is 3.21. The maximum atomic E-state index is 10.8. The third kappa shape index (κ3) is 7.53. The van der Waals surface area contributed by atoms with Crippen molar-refractivity contribution in [3.63, 3.8) is 0 Å². The summed E-state index contributed by atoms with van der Waals surface area (Å²) >= 11 is 0. The first-order valence-corrected chi connectivity index (χ1v) is 4.86. The summed E-state index contributed by atoms with van der Waals surface area (Å²) in [5.74, 6) is -0.147. The first-order valence-electron chi connectivity index (χ1n) is 4.86. The first kappa shape index (κ1) is 12.2. The van der Waals surface area contributed by atoms with Crippen molar-refractivity contribution in [1.82, 2.24) is 5.32 Å². The Bertz CT molecular complexity index is 157. The van der Waals surface area contributed by atoms with Crippen molar-refractivity contribution in [2.24, 2.45) is 5.73 Å². The third-order valence-electron chi connectivity index (χ3n) is 1.90. The zero-order valence-corrected chi connectivity index (χ0v) is 8.38. The lowest BCUT2D eigenvalue weighted by Crippen LogP contribution is -2.36. The molecule has 1 unspecified atom stereocenters. The molecule has 0 aliphatic carbocycles. The van der Waals surface area contributed by atoms with E-state index in [4.69, 9.17) is 5.73 Å². The molecule has 1 atom stereocenters. The summed E-state index contributed by atoms with van der Waals surface area (Å²) in [5.41, 5.74) is 5.77. The average molecular weight is 184 g/mol. The van der Waals surface area contributed by atoms with E-state index in [-0.39, 0.29) is 11.9 Å². The molecule has 0 saturated heterocycles. The van der Waals surface area contributed by atoms with Crippen LogP contribution in [-0.4, -0.2) is 18.5 Å². The Hall–Kier alpha value is -0.830. The Morgan fingerprint density at radius 1 is 1.62 bits per heavy atom. The Balaban J connectivity index is 3.34. The minimum absolute atomic E-state index is 0.0791. The van der Waals surface area contributed by atoms with Gasteiger partial charge in [-0.1, -0.05) is 32.8 Å². The van der Waals surface area contributed by atoms with Crippen LogP contribution >= 0.6 is 0 Å². The van der Waals surface area contributed by atoms with E-state index >= 15 is 0 Å². The SMILES string of the molecule is C=CC(=O)NCC(N)CCCCC. The summed E-state index contributed by atoms with van der Waals surface area (Å²) in [6.07, 6.45) is 5.79. The highest BCUT2D eigenvalue weighted by Crippen LogP contribution is 2.00. The summed E-state index contributed by atoms with van der Waals surface area (Å²) in [4.78, 5) is 10.8. The number of hydrogen-bond donors (Lipinski definition) is 2. The lowest BCUT2D eigenvalue weighted by atomic mass is 10.1. The normalized spacial score (nSPS) is 12.2. The smallest absolute Gasteiger partial charge is 0.243 e. The molecular weight excluding hydrogens is 164 g/mol. The highest BCUT2D eigenvalue weighted by Gasteiger charge is 2.02. The molecule has 0 spiro atoms. The number of nitrogens with two attached hydrogens (primary N) is 1. The zero-order chi connectivity index (χ0) is 10.1. The van der Waals surface area contributed by atoms with Crippen LogP contribution in [0.5, 0.6) is 0 Å². The fourth-order valence-electron chi connectivity index (χ4n) is 1.06. The molecule has 0 aromatic carbocycles. The van der Waals surface area contributed by atoms with Gasteiger partial charge in [0.05, 0.1) is 0 Å². The zero-order valence-electron chi connectivity index (χ0n) is 8.38. The maximum absolute atomic E-state index is 10.8. The van der Waals surface area contributed by atoms with Gasteiger partial charge in [-0.3, -0.25) is 4.79 Å². The molecule has 0 fully saturated rings. The van der Waals surface area contributed by atoms with E-state index in [1.54, 1.807) is 0 Å². The van der Waals surface area contributed by atoms with E-state index in [0.717, 1.165) is 12.8 Å². The van der Waals surface area contributed by atoms with E-state index < -0.39 is 0 Å². The summed E-state index contributed by atoms with van der Waals surface area (Å²) < 4.78 is 0. The van der Waals surface area contributed by atoms with Crippen LogP contribution in [0.2, 0.25) is 0 Å². The van der Waals surface area contributed by atoms with Gasteiger partial charge in [-0.25, -0.2) is 0 Å². The number of amides is 1. The van der Waals surface area contributed by atoms with Crippen LogP contribution in [0.25, 0.3) is 0 Å². The summed E-state index contributed by atoms with van der Waals surface area (Å²) in [5, 5.41) is 2.68. The van der Waals surface area contributed by atoms with Crippen molar-refractivity contribution in [3.8, 4) is 0 Å². The van der Waals surface area contributed by atoms with E-state index in [1.807, 2.05) is 0 Å². The van der Waals surface area contributed by atoms with Gasteiger partial charge in [-0.15, -0.1) is 0 Å². The van der Waals surface area contributed by atoms with E-state index in [1.165, 1.54) is 18.9 Å². The Kier molecular flexibility index (Phi) is 7.30. The van der Waals surface area contributed by atoms with Crippen molar-refractivity contribution >= 4 is 5.91 Å². The molecule has 13 heavy (non-hydrogen) atoms. The molecule has 3 N–H and O–H groups in total. The van der Waals surface area contributed by atoms with Crippen molar-refractivity contribution in [2.75, 3.05) is 6.54 Å². The molecule has 0 aromatic heterocycles. The Labute approximate surface area is 80.4 Å². The van der Waals surface area contributed by atoms with E-state index in [9.17, 15) is 4.79 Å². The summed E-state index contributed by atoms with van der Waals surface area (Å²) in [7, 11) is 0. The number of carbonyl (C=O) groups is 1. The standard InChI is InChI=1S/C10H20N2O/c1-3-5-6-7-9(11)8-12-10(13)4-2/h4,9H,2-3,5-8,11H2,1H3,(H,12,13). The van der Waals surface area contributed by atoms with Crippen molar-refractivity contribution in [2.45, 2.75) is 38.6 Å². The Morgan fingerprint density at radius 2 is 2.31 bits per heavy atom. The predicted octanol–water partition coefficient (Wildman–Crippen LogP) is 1.20. The minimum atomic E-state index is -0.147. The van der Waals surface area contributed by atoms with Crippen LogP contribution in [0, 0.1) is 0 Å². The molecule has 0 aliphatic rings. The molecule has 3 nitrogen and oxygen atoms in total. The highest BCUT2D eigenvalue weighted by molar-refractivity contribution is 5.86. The minimum Gasteiger partial charge on any atom is -0.351 e. The molecular formula is C10H20N2O. The number of nitrogens with one attached hydrogen (secondary N) is 1. The summed E-state index contributed by atoms with van der Waals surface area (Å²) in [6.45, 7) is 6.07. The number of hydrogen-bond acceptors (Lipinski definition) is 2. The van der Waals surface area contributed by atoms with Crippen molar-refractivity contribution in [3.05, 3.63) is 12.7 Å². The predicted molar refractivity (Wildman–Crippen MR) is 55.3 cm³/mol. The largest absolute Gasteiger partial charge is 0.351 e. The molecule has 0 rings (SSSR count).